The average Bonchev–Trinajstić information content (AvgIpc) is 3.28. The van der Waals surface area contributed by atoms with Crippen LogP contribution in [0.1, 0.15) is 34.6 Å². The van der Waals surface area contributed by atoms with Gasteiger partial charge in [-0.1, -0.05) is 72.8 Å². The van der Waals surface area contributed by atoms with Crippen molar-refractivity contribution >= 4 is 23.9 Å². The van der Waals surface area contributed by atoms with Crippen molar-refractivity contribution in [3.63, 3.8) is 0 Å². The third-order valence-electron chi connectivity index (χ3n) is 7.28. The summed E-state index contributed by atoms with van der Waals surface area (Å²) in [5.41, 5.74) is 10.5. The number of aliphatic imine (C=N–C) groups is 1. The second kappa shape index (κ2) is 9.85. The Labute approximate surface area is 210 Å². The molecule has 3 aromatic rings. The molecule has 2 aliphatic heterocycles. The zero-order chi connectivity index (χ0) is 25.2. The van der Waals surface area contributed by atoms with Gasteiger partial charge in [0.1, 0.15) is 6.04 Å². The molecule has 0 spiro atoms. The lowest BCUT2D eigenvalue weighted by Crippen LogP contribution is -2.59. The molecule has 3 N–H and O–H groups in total. The smallest absolute Gasteiger partial charge is 0.326 e. The van der Waals surface area contributed by atoms with Gasteiger partial charge in [0, 0.05) is 25.2 Å². The Kier molecular flexibility index (Phi) is 6.46. The maximum absolute atomic E-state index is 14.0. The van der Waals surface area contributed by atoms with Gasteiger partial charge in [-0.05, 0) is 35.2 Å². The number of rotatable bonds is 6. The number of anilines is 1. The number of nitrogens with zero attached hydrogens (tertiary/aromatic N) is 3. The second-order valence-electron chi connectivity index (χ2n) is 9.60. The molecule has 0 aliphatic carbocycles. The highest BCUT2D eigenvalue weighted by Gasteiger charge is 2.46. The van der Waals surface area contributed by atoms with E-state index in [-0.39, 0.29) is 24.5 Å². The zero-order valence-corrected chi connectivity index (χ0v) is 20.2. The Hall–Kier alpha value is -4.13. The lowest BCUT2D eigenvalue weighted by Gasteiger charge is -2.42. The van der Waals surface area contributed by atoms with Gasteiger partial charge >= 0.3 is 5.97 Å². The molecule has 7 heteroatoms. The molecule has 2 aliphatic rings. The highest BCUT2D eigenvalue weighted by Crippen LogP contribution is 2.34. The predicted octanol–water partition coefficient (Wildman–Crippen LogP) is 3.68. The average molecular weight is 483 g/mol. The number of aryl methyl sites for hydroxylation is 1. The standard InChI is InChI=1S/C29H30N4O3/c1-19-14-20(12-13-23(19)30)16-32-18-31-24-17-33(26(29(35)36)15-25(24)32)28(34)27(21-8-4-2-5-9-21)22-10-6-3-7-11-22/h2-14,18,24-27H,15-17,30H2,1H3,(H,35,36)/t24?,25?,26-/m0/s1. The van der Waals surface area contributed by atoms with Gasteiger partial charge in [-0.15, -0.1) is 0 Å². The van der Waals surface area contributed by atoms with Crippen molar-refractivity contribution in [1.82, 2.24) is 9.80 Å². The van der Waals surface area contributed by atoms with Crippen molar-refractivity contribution in [2.24, 2.45) is 4.99 Å². The third-order valence-corrected chi connectivity index (χ3v) is 7.28. The van der Waals surface area contributed by atoms with Crippen LogP contribution in [-0.4, -0.2) is 57.8 Å². The molecule has 0 radical (unpaired) electrons. The fraction of sp³-hybridized carbons (Fsp3) is 0.276. The molecule has 2 unspecified atom stereocenters. The number of carboxylic acid groups (broad SMARTS) is 1. The number of hydrogen-bond donors (Lipinski definition) is 2. The van der Waals surface area contributed by atoms with E-state index in [0.29, 0.717) is 13.0 Å². The molecule has 3 atom stereocenters. The molecule has 36 heavy (non-hydrogen) atoms. The maximum Gasteiger partial charge on any atom is 0.326 e. The minimum Gasteiger partial charge on any atom is -0.480 e. The Balaban J connectivity index is 1.41. The minimum absolute atomic E-state index is 0.0834. The fourth-order valence-corrected chi connectivity index (χ4v) is 5.34. The van der Waals surface area contributed by atoms with Crippen molar-refractivity contribution in [1.29, 1.82) is 0 Å². The second-order valence-corrected chi connectivity index (χ2v) is 9.60. The molecule has 1 saturated heterocycles. The molecule has 1 amide bonds. The van der Waals surface area contributed by atoms with Gasteiger partial charge in [-0.25, -0.2) is 4.79 Å². The van der Waals surface area contributed by atoms with Crippen LogP contribution < -0.4 is 5.73 Å². The van der Waals surface area contributed by atoms with Crippen molar-refractivity contribution in [2.45, 2.75) is 43.9 Å². The van der Waals surface area contributed by atoms with Gasteiger partial charge in [-0.3, -0.25) is 9.79 Å². The number of nitrogen functional groups attached to an aromatic ring is 1. The van der Waals surface area contributed by atoms with Crippen LogP contribution in [0.4, 0.5) is 5.69 Å². The molecule has 0 bridgehead atoms. The Morgan fingerprint density at radius 3 is 2.25 bits per heavy atom. The molecule has 2 heterocycles. The number of carbonyl (C=O) groups excluding carboxylic acids is 1. The summed E-state index contributed by atoms with van der Waals surface area (Å²) < 4.78 is 0. The molecular weight excluding hydrogens is 452 g/mol. The summed E-state index contributed by atoms with van der Waals surface area (Å²) in [5, 5.41) is 10.2. The van der Waals surface area contributed by atoms with Crippen LogP contribution in [0.25, 0.3) is 0 Å². The number of benzene rings is 3. The number of carbonyl (C=O) groups is 2. The summed E-state index contributed by atoms with van der Waals surface area (Å²) >= 11 is 0. The molecule has 0 saturated carbocycles. The van der Waals surface area contributed by atoms with Crippen molar-refractivity contribution in [3.05, 3.63) is 101 Å². The van der Waals surface area contributed by atoms with Crippen LogP contribution in [-0.2, 0) is 16.1 Å². The van der Waals surface area contributed by atoms with E-state index in [1.807, 2.05) is 85.8 Å². The van der Waals surface area contributed by atoms with E-state index in [4.69, 9.17) is 10.7 Å². The van der Waals surface area contributed by atoms with Gasteiger partial charge in [-0.2, -0.15) is 0 Å². The van der Waals surface area contributed by atoms with Crippen LogP contribution in [0.5, 0.6) is 0 Å². The van der Waals surface area contributed by atoms with E-state index in [9.17, 15) is 14.7 Å². The minimum atomic E-state index is -0.989. The van der Waals surface area contributed by atoms with E-state index < -0.39 is 17.9 Å². The number of piperidine rings is 1. The van der Waals surface area contributed by atoms with E-state index in [1.165, 1.54) is 4.90 Å². The summed E-state index contributed by atoms with van der Waals surface area (Å²) in [6.45, 7) is 2.85. The van der Waals surface area contributed by atoms with Gasteiger partial charge in [0.25, 0.3) is 0 Å². The quantitative estimate of drug-likeness (QED) is 0.522. The molecule has 0 aromatic heterocycles. The Bertz CT molecular complexity index is 1240. The van der Waals surface area contributed by atoms with Crippen LogP contribution >= 0.6 is 0 Å². The number of fused-ring (bicyclic) bond motifs is 1. The van der Waals surface area contributed by atoms with Gasteiger partial charge in [0.05, 0.1) is 24.3 Å². The molecule has 7 nitrogen and oxygen atoms in total. The van der Waals surface area contributed by atoms with Gasteiger partial charge in [0.15, 0.2) is 0 Å². The van der Waals surface area contributed by atoms with E-state index in [0.717, 1.165) is 27.9 Å². The highest BCUT2D eigenvalue weighted by atomic mass is 16.4. The predicted molar refractivity (Wildman–Crippen MR) is 140 cm³/mol. The monoisotopic (exact) mass is 482 g/mol. The first-order valence-corrected chi connectivity index (χ1v) is 12.2. The summed E-state index contributed by atoms with van der Waals surface area (Å²) in [5.74, 6) is -1.78. The van der Waals surface area contributed by atoms with Crippen LogP contribution in [0.2, 0.25) is 0 Å². The molecular formula is C29H30N4O3. The number of amides is 1. The number of aliphatic carboxylic acids is 1. The van der Waals surface area contributed by atoms with E-state index in [2.05, 4.69) is 4.90 Å². The first kappa shape index (κ1) is 23.6. The first-order chi connectivity index (χ1) is 17.4. The van der Waals surface area contributed by atoms with Crippen molar-refractivity contribution < 1.29 is 14.7 Å². The van der Waals surface area contributed by atoms with Crippen molar-refractivity contribution in [2.75, 3.05) is 12.3 Å². The topological polar surface area (TPSA) is 99.2 Å². The number of nitrogens with two attached hydrogens (primary N) is 1. The third kappa shape index (κ3) is 4.56. The van der Waals surface area contributed by atoms with E-state index >= 15 is 0 Å². The maximum atomic E-state index is 14.0. The Morgan fingerprint density at radius 1 is 1.03 bits per heavy atom. The SMILES string of the molecule is Cc1cc(CN2C=NC3CN(C(=O)C(c4ccccc4)c4ccccc4)[C@H](C(=O)O)CC32)ccc1N. The zero-order valence-electron chi connectivity index (χ0n) is 20.2. The van der Waals surface area contributed by atoms with Crippen molar-refractivity contribution in [3.8, 4) is 0 Å². The summed E-state index contributed by atoms with van der Waals surface area (Å²) in [7, 11) is 0. The lowest BCUT2D eigenvalue weighted by atomic mass is 9.86. The Morgan fingerprint density at radius 2 is 1.67 bits per heavy atom. The first-order valence-electron chi connectivity index (χ1n) is 12.2. The summed E-state index contributed by atoms with van der Waals surface area (Å²) in [4.78, 5) is 34.8. The van der Waals surface area contributed by atoms with Crippen LogP contribution in [0, 0.1) is 6.92 Å². The molecule has 5 rings (SSSR count). The highest BCUT2D eigenvalue weighted by molar-refractivity contribution is 5.91. The number of carboxylic acids is 1. The van der Waals surface area contributed by atoms with E-state index in [1.54, 1.807) is 6.34 Å². The summed E-state index contributed by atoms with van der Waals surface area (Å²) in [6, 6.07) is 23.8. The normalized spacial score (nSPS) is 21.0. The van der Waals surface area contributed by atoms with Crippen LogP contribution in [0.15, 0.2) is 83.9 Å². The van der Waals surface area contributed by atoms with Gasteiger partial charge in [0.2, 0.25) is 5.91 Å². The van der Waals surface area contributed by atoms with Crippen LogP contribution in [0.3, 0.4) is 0 Å². The molecule has 1 fully saturated rings. The number of hydrogen-bond acceptors (Lipinski definition) is 5. The molecule has 3 aromatic carbocycles. The van der Waals surface area contributed by atoms with Gasteiger partial charge < -0.3 is 20.6 Å². The largest absolute Gasteiger partial charge is 0.480 e. The number of likely N-dealkylation sites (tertiary alicyclic amines) is 1. The summed E-state index contributed by atoms with van der Waals surface area (Å²) in [6.07, 6.45) is 2.12. The molecule has 184 valence electrons. The fourth-order valence-electron chi connectivity index (χ4n) is 5.34. The lowest BCUT2D eigenvalue weighted by molar-refractivity contribution is -0.153.